The highest BCUT2D eigenvalue weighted by atomic mass is 15.0. The van der Waals surface area contributed by atoms with Gasteiger partial charge in [0.25, 0.3) is 0 Å². The minimum Gasteiger partial charge on any atom is -0.368 e. The van der Waals surface area contributed by atoms with Crippen LogP contribution in [0.25, 0.3) is 0 Å². The van der Waals surface area contributed by atoms with Crippen molar-refractivity contribution in [2.24, 2.45) is 0 Å². The van der Waals surface area contributed by atoms with E-state index in [1.165, 1.54) is 11.1 Å². The lowest BCUT2D eigenvalue weighted by Gasteiger charge is -2.27. The lowest BCUT2D eigenvalue weighted by molar-refractivity contribution is 0.552. The van der Waals surface area contributed by atoms with Gasteiger partial charge in [0.2, 0.25) is 0 Å². The first-order chi connectivity index (χ1) is 8.99. The first-order valence-electron chi connectivity index (χ1n) is 6.58. The molecule has 0 aliphatic carbocycles. The topological polar surface area (TPSA) is 37.8 Å². The molecule has 0 bridgehead atoms. The third kappa shape index (κ3) is 3.31. The quantitative estimate of drug-likeness (QED) is 0.909. The number of nitrogens with one attached hydrogen (secondary N) is 1. The highest BCUT2D eigenvalue weighted by Gasteiger charge is 2.22. The van der Waals surface area contributed by atoms with E-state index in [1.807, 2.05) is 6.92 Å². The number of hydrogen-bond donors (Lipinski definition) is 1. The molecule has 0 radical (unpaired) electrons. The first-order valence-corrected chi connectivity index (χ1v) is 6.58. The number of aromatic nitrogens is 2. The minimum atomic E-state index is 0.0524. The van der Waals surface area contributed by atoms with E-state index in [1.54, 1.807) is 12.4 Å². The fourth-order valence-corrected chi connectivity index (χ4v) is 2.29. The summed E-state index contributed by atoms with van der Waals surface area (Å²) < 4.78 is 0. The van der Waals surface area contributed by atoms with Crippen molar-refractivity contribution in [1.82, 2.24) is 9.97 Å². The van der Waals surface area contributed by atoms with Crippen LogP contribution in [-0.2, 0) is 5.41 Å². The van der Waals surface area contributed by atoms with Gasteiger partial charge in [-0.1, -0.05) is 38.1 Å². The van der Waals surface area contributed by atoms with Crippen LogP contribution in [0.2, 0.25) is 0 Å². The molecular weight excluding hydrogens is 234 g/mol. The van der Waals surface area contributed by atoms with Crippen molar-refractivity contribution in [3.63, 3.8) is 0 Å². The molecule has 0 spiro atoms. The predicted octanol–water partition coefficient (Wildman–Crippen LogP) is 3.48. The highest BCUT2D eigenvalue weighted by molar-refractivity contribution is 5.37. The molecule has 1 aromatic heterocycles. The van der Waals surface area contributed by atoms with Gasteiger partial charge in [-0.05, 0) is 25.0 Å². The van der Waals surface area contributed by atoms with Crippen LogP contribution < -0.4 is 5.32 Å². The van der Waals surface area contributed by atoms with Gasteiger partial charge in [0.05, 0.1) is 11.9 Å². The van der Waals surface area contributed by atoms with E-state index in [0.717, 1.165) is 18.1 Å². The Morgan fingerprint density at radius 3 is 2.53 bits per heavy atom. The van der Waals surface area contributed by atoms with E-state index in [4.69, 9.17) is 0 Å². The maximum atomic E-state index is 4.42. The van der Waals surface area contributed by atoms with E-state index in [0.29, 0.717) is 0 Å². The second kappa shape index (κ2) is 5.39. The predicted molar refractivity (Wildman–Crippen MR) is 79.5 cm³/mol. The Morgan fingerprint density at radius 1 is 1.11 bits per heavy atom. The monoisotopic (exact) mass is 255 g/mol. The van der Waals surface area contributed by atoms with Crippen molar-refractivity contribution in [3.8, 4) is 0 Å². The average molecular weight is 255 g/mol. The van der Waals surface area contributed by atoms with Crippen molar-refractivity contribution in [3.05, 3.63) is 53.5 Å². The summed E-state index contributed by atoms with van der Waals surface area (Å²) in [5.41, 5.74) is 3.67. The standard InChI is InChI=1S/C16H21N3/c1-12-7-5-6-8-14(12)16(3,4)11-18-15-10-17-9-13(2)19-15/h5-10H,11H2,1-4H3,(H,18,19). The summed E-state index contributed by atoms with van der Waals surface area (Å²) in [7, 11) is 0. The van der Waals surface area contributed by atoms with Gasteiger partial charge < -0.3 is 5.32 Å². The van der Waals surface area contributed by atoms with Gasteiger partial charge in [-0.25, -0.2) is 4.98 Å². The van der Waals surface area contributed by atoms with Gasteiger partial charge in [0.15, 0.2) is 0 Å². The van der Waals surface area contributed by atoms with Crippen molar-refractivity contribution < 1.29 is 0 Å². The number of rotatable bonds is 4. The summed E-state index contributed by atoms with van der Waals surface area (Å²) in [6, 6.07) is 8.52. The normalized spacial score (nSPS) is 11.4. The molecule has 0 saturated heterocycles. The van der Waals surface area contributed by atoms with Crippen LogP contribution in [0, 0.1) is 13.8 Å². The lowest BCUT2D eigenvalue weighted by atomic mass is 9.82. The Balaban J connectivity index is 2.12. The minimum absolute atomic E-state index is 0.0524. The van der Waals surface area contributed by atoms with E-state index in [-0.39, 0.29) is 5.41 Å². The molecule has 3 nitrogen and oxygen atoms in total. The maximum Gasteiger partial charge on any atom is 0.144 e. The first kappa shape index (κ1) is 13.5. The molecule has 0 amide bonds. The maximum absolute atomic E-state index is 4.42. The van der Waals surface area contributed by atoms with Gasteiger partial charge in [-0.3, -0.25) is 4.98 Å². The largest absolute Gasteiger partial charge is 0.368 e. The summed E-state index contributed by atoms with van der Waals surface area (Å²) in [6.07, 6.45) is 3.53. The molecule has 0 unspecified atom stereocenters. The molecule has 0 saturated carbocycles. The smallest absolute Gasteiger partial charge is 0.144 e. The SMILES string of the molecule is Cc1cncc(NCC(C)(C)c2ccccc2C)n1. The Labute approximate surface area is 115 Å². The molecular formula is C16H21N3. The van der Waals surface area contributed by atoms with Crippen molar-refractivity contribution in [1.29, 1.82) is 0 Å². The van der Waals surface area contributed by atoms with Gasteiger partial charge >= 0.3 is 0 Å². The summed E-state index contributed by atoms with van der Waals surface area (Å²) in [4.78, 5) is 8.57. The van der Waals surface area contributed by atoms with Gasteiger partial charge in [0.1, 0.15) is 5.82 Å². The molecule has 3 heteroatoms. The molecule has 2 rings (SSSR count). The fourth-order valence-electron chi connectivity index (χ4n) is 2.29. The van der Waals surface area contributed by atoms with E-state index >= 15 is 0 Å². The van der Waals surface area contributed by atoms with Crippen LogP contribution in [0.15, 0.2) is 36.7 Å². The summed E-state index contributed by atoms with van der Waals surface area (Å²) in [6.45, 7) is 9.42. The zero-order chi connectivity index (χ0) is 13.9. The van der Waals surface area contributed by atoms with E-state index < -0.39 is 0 Å². The van der Waals surface area contributed by atoms with E-state index in [2.05, 4.69) is 60.3 Å². The Morgan fingerprint density at radius 2 is 1.84 bits per heavy atom. The highest BCUT2D eigenvalue weighted by Crippen LogP contribution is 2.26. The summed E-state index contributed by atoms with van der Waals surface area (Å²) in [5, 5.41) is 3.38. The number of aryl methyl sites for hydroxylation is 2. The van der Waals surface area contributed by atoms with Crippen LogP contribution in [0.4, 0.5) is 5.82 Å². The molecule has 2 aromatic rings. The van der Waals surface area contributed by atoms with Crippen LogP contribution in [0.1, 0.15) is 30.7 Å². The summed E-state index contributed by atoms with van der Waals surface area (Å²) in [5.74, 6) is 0.835. The fraction of sp³-hybridized carbons (Fsp3) is 0.375. The van der Waals surface area contributed by atoms with Crippen molar-refractivity contribution in [2.75, 3.05) is 11.9 Å². The molecule has 0 fully saturated rings. The Hall–Kier alpha value is -1.90. The van der Waals surface area contributed by atoms with Gasteiger partial charge in [0, 0.05) is 18.2 Å². The number of benzene rings is 1. The average Bonchev–Trinajstić information content (AvgIpc) is 2.37. The van der Waals surface area contributed by atoms with Gasteiger partial charge in [-0.15, -0.1) is 0 Å². The second-order valence-corrected chi connectivity index (χ2v) is 5.60. The van der Waals surface area contributed by atoms with E-state index in [9.17, 15) is 0 Å². The zero-order valence-corrected chi connectivity index (χ0v) is 12.1. The number of nitrogens with zero attached hydrogens (tertiary/aromatic N) is 2. The molecule has 19 heavy (non-hydrogen) atoms. The molecule has 0 aliphatic rings. The Bertz CT molecular complexity index is 561. The lowest BCUT2D eigenvalue weighted by Crippen LogP contribution is -2.28. The summed E-state index contributed by atoms with van der Waals surface area (Å²) >= 11 is 0. The van der Waals surface area contributed by atoms with Crippen molar-refractivity contribution >= 4 is 5.82 Å². The van der Waals surface area contributed by atoms with Gasteiger partial charge in [-0.2, -0.15) is 0 Å². The third-order valence-electron chi connectivity index (χ3n) is 3.34. The molecule has 0 atom stereocenters. The molecule has 1 N–H and O–H groups in total. The third-order valence-corrected chi connectivity index (χ3v) is 3.34. The van der Waals surface area contributed by atoms with Crippen LogP contribution in [-0.4, -0.2) is 16.5 Å². The zero-order valence-electron chi connectivity index (χ0n) is 12.1. The van der Waals surface area contributed by atoms with Crippen LogP contribution >= 0.6 is 0 Å². The second-order valence-electron chi connectivity index (χ2n) is 5.60. The molecule has 1 heterocycles. The number of hydrogen-bond acceptors (Lipinski definition) is 3. The molecule has 1 aromatic carbocycles. The number of anilines is 1. The van der Waals surface area contributed by atoms with Crippen LogP contribution in [0.3, 0.4) is 0 Å². The van der Waals surface area contributed by atoms with Crippen LogP contribution in [0.5, 0.6) is 0 Å². The molecule has 100 valence electrons. The Kier molecular flexibility index (Phi) is 3.84. The molecule has 0 aliphatic heterocycles. The van der Waals surface area contributed by atoms with Crippen molar-refractivity contribution in [2.45, 2.75) is 33.1 Å².